The van der Waals surface area contributed by atoms with Crippen LogP contribution in [-0.2, 0) is 17.9 Å². The van der Waals surface area contributed by atoms with Gasteiger partial charge in [-0.3, -0.25) is 9.78 Å². The summed E-state index contributed by atoms with van der Waals surface area (Å²) in [6, 6.07) is 24.5. The minimum absolute atomic E-state index is 0. The van der Waals surface area contributed by atoms with Gasteiger partial charge in [-0.1, -0.05) is 30.3 Å². The number of hydrogen-bond acceptors (Lipinski definition) is 6. The van der Waals surface area contributed by atoms with E-state index in [2.05, 4.69) is 54.9 Å². The molecule has 0 N–H and O–H groups in total. The molecule has 3 heterocycles. The number of aromatic nitrogens is 1. The van der Waals surface area contributed by atoms with Gasteiger partial charge < -0.3 is 19.6 Å². The summed E-state index contributed by atoms with van der Waals surface area (Å²) in [7, 11) is 0. The molecule has 0 unspecified atom stereocenters. The van der Waals surface area contributed by atoms with Crippen LogP contribution in [0.1, 0.15) is 29.5 Å². The smallest absolute Gasteiger partial charge is 0.242 e. The monoisotopic (exact) mass is 528 g/mol. The van der Waals surface area contributed by atoms with E-state index >= 15 is 0 Å². The van der Waals surface area contributed by atoms with Gasteiger partial charge in [-0.2, -0.15) is 5.26 Å². The van der Waals surface area contributed by atoms with E-state index in [-0.39, 0.29) is 24.4 Å². The number of hydrogen-bond donors (Lipinski definition) is 0. The quantitative estimate of drug-likeness (QED) is 0.425. The van der Waals surface area contributed by atoms with Crippen LogP contribution in [0.4, 0.5) is 5.69 Å². The maximum Gasteiger partial charge on any atom is 0.242 e. The molecule has 1 fully saturated rings. The highest BCUT2D eigenvalue weighted by Gasteiger charge is 2.29. The maximum absolute atomic E-state index is 13.7. The Morgan fingerprint density at radius 3 is 2.29 bits per heavy atom. The highest BCUT2D eigenvalue weighted by molar-refractivity contribution is 5.85. The second-order valence-electron chi connectivity index (χ2n) is 9.67. The maximum atomic E-state index is 13.7. The molecule has 1 aromatic heterocycles. The summed E-state index contributed by atoms with van der Waals surface area (Å²) >= 11 is 0. The number of carbonyl (C=O) groups excluding carboxylic acids is 1. The van der Waals surface area contributed by atoms with Crippen molar-refractivity contribution in [3.05, 3.63) is 108 Å². The van der Waals surface area contributed by atoms with Crippen molar-refractivity contribution in [1.82, 2.24) is 19.7 Å². The van der Waals surface area contributed by atoms with Gasteiger partial charge in [0.1, 0.15) is 0 Å². The zero-order chi connectivity index (χ0) is 25.5. The first-order chi connectivity index (χ1) is 18.2. The summed E-state index contributed by atoms with van der Waals surface area (Å²) in [4.78, 5) is 26.5. The molecule has 2 aliphatic rings. The zero-order valence-corrected chi connectivity index (χ0v) is 22.2. The van der Waals surface area contributed by atoms with Gasteiger partial charge in [0.25, 0.3) is 0 Å². The Kier molecular flexibility index (Phi) is 9.23. The number of carbonyl (C=O) groups is 1. The number of amides is 1. The Morgan fingerprint density at radius 1 is 0.921 bits per heavy atom. The summed E-state index contributed by atoms with van der Waals surface area (Å²) in [5.41, 5.74) is 4.16. The number of nitriles is 1. The van der Waals surface area contributed by atoms with Crippen molar-refractivity contribution < 1.29 is 4.79 Å². The van der Waals surface area contributed by atoms with Crippen molar-refractivity contribution in [2.24, 2.45) is 0 Å². The topological polar surface area (TPSA) is 66.7 Å². The number of piperidine rings is 1. The third-order valence-corrected chi connectivity index (χ3v) is 7.11. The minimum atomic E-state index is 0. The van der Waals surface area contributed by atoms with Crippen molar-refractivity contribution in [2.75, 3.05) is 31.2 Å². The fraction of sp³-hybridized carbons (Fsp3) is 0.300. The molecule has 0 saturated carbocycles. The number of pyridine rings is 1. The number of halogens is 1. The van der Waals surface area contributed by atoms with Crippen LogP contribution in [0, 0.1) is 11.3 Å². The predicted octanol–water partition coefficient (Wildman–Crippen LogP) is 4.62. The van der Waals surface area contributed by atoms with Gasteiger partial charge in [0.2, 0.25) is 5.91 Å². The van der Waals surface area contributed by atoms with E-state index in [4.69, 9.17) is 5.26 Å². The highest BCUT2D eigenvalue weighted by Crippen LogP contribution is 2.24. The number of benzene rings is 2. The van der Waals surface area contributed by atoms with Crippen LogP contribution in [0.25, 0.3) is 0 Å². The predicted molar refractivity (Wildman–Crippen MR) is 151 cm³/mol. The Hall–Kier alpha value is -4.02. The summed E-state index contributed by atoms with van der Waals surface area (Å²) in [6.07, 6.45) is 9.53. The molecule has 2 aromatic carbocycles. The second-order valence-corrected chi connectivity index (χ2v) is 9.67. The molecule has 196 valence electrons. The summed E-state index contributed by atoms with van der Waals surface area (Å²) in [5, 5.41) is 9.01. The zero-order valence-electron chi connectivity index (χ0n) is 21.4. The van der Waals surface area contributed by atoms with E-state index in [1.165, 1.54) is 5.69 Å². The molecular weight excluding hydrogens is 496 g/mol. The molecule has 1 amide bonds. The molecule has 0 radical (unpaired) electrons. The molecule has 3 aromatic rings. The molecule has 1 saturated heterocycles. The fourth-order valence-electron chi connectivity index (χ4n) is 5.09. The van der Waals surface area contributed by atoms with Crippen molar-refractivity contribution in [3.8, 4) is 6.07 Å². The van der Waals surface area contributed by atoms with Crippen LogP contribution in [0.2, 0.25) is 0 Å². The van der Waals surface area contributed by atoms with Gasteiger partial charge in [0.05, 0.1) is 24.8 Å². The average Bonchev–Trinajstić information content (AvgIpc) is 3.39. The van der Waals surface area contributed by atoms with Gasteiger partial charge in [-0.15, -0.1) is 12.4 Å². The number of rotatable bonds is 8. The first-order valence-corrected chi connectivity index (χ1v) is 12.8. The van der Waals surface area contributed by atoms with Gasteiger partial charge in [-0.05, 0) is 60.4 Å². The number of anilines is 1. The molecular formula is C30H33ClN6O. The van der Waals surface area contributed by atoms with Crippen molar-refractivity contribution in [3.63, 3.8) is 0 Å². The van der Waals surface area contributed by atoms with Crippen molar-refractivity contribution >= 4 is 24.0 Å². The van der Waals surface area contributed by atoms with Crippen LogP contribution >= 0.6 is 12.4 Å². The molecule has 0 aliphatic carbocycles. The fourth-order valence-corrected chi connectivity index (χ4v) is 5.09. The van der Waals surface area contributed by atoms with E-state index in [9.17, 15) is 4.79 Å². The Bertz CT molecular complexity index is 1240. The van der Waals surface area contributed by atoms with Crippen LogP contribution in [-0.4, -0.2) is 57.9 Å². The van der Waals surface area contributed by atoms with E-state index < -0.39 is 0 Å². The Balaban J connectivity index is 0.00000336. The lowest BCUT2D eigenvalue weighted by atomic mass is 10.0. The Labute approximate surface area is 231 Å². The molecule has 0 spiro atoms. The van der Waals surface area contributed by atoms with Gasteiger partial charge >= 0.3 is 0 Å². The third kappa shape index (κ3) is 6.84. The van der Waals surface area contributed by atoms with Crippen LogP contribution < -0.4 is 4.90 Å². The van der Waals surface area contributed by atoms with E-state index in [0.717, 1.165) is 43.6 Å². The highest BCUT2D eigenvalue weighted by atomic mass is 35.5. The van der Waals surface area contributed by atoms with Gasteiger partial charge in [0.15, 0.2) is 0 Å². The largest absolute Gasteiger partial charge is 0.371 e. The summed E-state index contributed by atoms with van der Waals surface area (Å²) in [5.74, 6) is 0.153. The molecule has 7 nitrogen and oxygen atoms in total. The van der Waals surface area contributed by atoms with E-state index in [1.54, 1.807) is 12.4 Å². The molecule has 5 rings (SSSR count). The van der Waals surface area contributed by atoms with Crippen LogP contribution in [0.5, 0.6) is 0 Å². The lowest BCUT2D eigenvalue weighted by Gasteiger charge is -2.40. The van der Waals surface area contributed by atoms with Crippen molar-refractivity contribution in [2.45, 2.75) is 32.0 Å². The molecule has 38 heavy (non-hydrogen) atoms. The molecule has 8 heteroatoms. The average molecular weight is 529 g/mol. The van der Waals surface area contributed by atoms with Gasteiger partial charge in [-0.25, -0.2) is 0 Å². The third-order valence-electron chi connectivity index (χ3n) is 7.11. The lowest BCUT2D eigenvalue weighted by Crippen LogP contribution is -2.49. The number of para-hydroxylation sites is 1. The first-order valence-electron chi connectivity index (χ1n) is 12.8. The lowest BCUT2D eigenvalue weighted by molar-refractivity contribution is -0.135. The minimum Gasteiger partial charge on any atom is -0.371 e. The SMILES string of the molecule is Cl.N#Cc1ccc(CN2C=CN(CC(=O)N(Cc3ccncc3)C3CCN(c4ccccc4)CC3)C2)cc1. The van der Waals surface area contributed by atoms with Crippen LogP contribution in [0.15, 0.2) is 91.5 Å². The second kappa shape index (κ2) is 13.0. The summed E-state index contributed by atoms with van der Waals surface area (Å²) in [6.45, 7) is 4.24. The molecule has 0 bridgehead atoms. The van der Waals surface area contributed by atoms with E-state index in [1.807, 2.05) is 54.9 Å². The normalized spacial score (nSPS) is 15.2. The first kappa shape index (κ1) is 27.0. The summed E-state index contributed by atoms with van der Waals surface area (Å²) < 4.78 is 0. The molecule has 2 aliphatic heterocycles. The standard InChI is InChI=1S/C30H32N6O.ClH/c31-20-25-6-8-26(9-7-25)21-33-18-19-34(24-33)23-30(37)36(22-27-10-14-32-15-11-27)29-12-16-35(17-13-29)28-4-2-1-3-5-28;/h1-11,14-15,18-19,29H,12-13,16-17,21-24H2;1H. The Morgan fingerprint density at radius 2 is 1.61 bits per heavy atom. The van der Waals surface area contributed by atoms with E-state index in [0.29, 0.717) is 25.3 Å². The number of nitrogens with zero attached hydrogens (tertiary/aromatic N) is 6. The van der Waals surface area contributed by atoms with Crippen LogP contribution in [0.3, 0.4) is 0 Å². The van der Waals surface area contributed by atoms with Crippen molar-refractivity contribution in [1.29, 1.82) is 5.26 Å². The molecule has 0 atom stereocenters. The van der Waals surface area contributed by atoms with Gasteiger partial charge in [0, 0.05) is 62.7 Å².